The fourth-order valence-electron chi connectivity index (χ4n) is 3.21. The van der Waals surface area contributed by atoms with E-state index in [1.54, 1.807) is 0 Å². The van der Waals surface area contributed by atoms with Crippen molar-refractivity contribution in [3.8, 4) is 0 Å². The van der Waals surface area contributed by atoms with Gasteiger partial charge in [-0.2, -0.15) is 0 Å². The Morgan fingerprint density at radius 1 is 0.786 bits per heavy atom. The monoisotopic (exact) mass is 392 g/mol. The van der Waals surface area contributed by atoms with E-state index < -0.39 is 10.3 Å². The van der Waals surface area contributed by atoms with Gasteiger partial charge in [0.1, 0.15) is 0 Å². The molecule has 0 aliphatic rings. The summed E-state index contributed by atoms with van der Waals surface area (Å²) in [5, 5.41) is 0. The maximum atomic E-state index is 12.8. The maximum absolute atomic E-state index is 12.8. The first-order valence-electron chi connectivity index (χ1n) is 9.83. The highest BCUT2D eigenvalue weighted by atomic mass is 32.3. The Morgan fingerprint density at radius 3 is 1.68 bits per heavy atom. The van der Waals surface area contributed by atoms with E-state index in [2.05, 4.69) is 62.4 Å². The van der Waals surface area contributed by atoms with Crippen LogP contribution in [0.25, 0.3) is 0 Å². The summed E-state index contributed by atoms with van der Waals surface area (Å²) < 4.78 is 6.38. The Kier molecular flexibility index (Phi) is 6.58. The van der Waals surface area contributed by atoms with Crippen LogP contribution in [-0.4, -0.2) is 5.97 Å². The standard InChI is InChI=1S/C25H28O2S/c1-4-11-25(26)27-28(22-12-7-5-8-13-22,23-14-9-6-10-15-23)24-18-16-21(17-19-24)20(2)3/h5-10,12-20H,4,11H2,1-3H3. The molecule has 0 spiro atoms. The smallest absolute Gasteiger partial charge is 0.317 e. The average molecular weight is 393 g/mol. The summed E-state index contributed by atoms with van der Waals surface area (Å²) in [4.78, 5) is 15.9. The molecule has 3 heteroatoms. The van der Waals surface area contributed by atoms with E-state index in [-0.39, 0.29) is 5.97 Å². The predicted octanol–water partition coefficient (Wildman–Crippen LogP) is 7.35. The van der Waals surface area contributed by atoms with Crippen LogP contribution < -0.4 is 0 Å². The molecule has 0 atom stereocenters. The van der Waals surface area contributed by atoms with Gasteiger partial charge in [0, 0.05) is 21.1 Å². The van der Waals surface area contributed by atoms with E-state index in [0.29, 0.717) is 12.3 Å². The topological polar surface area (TPSA) is 26.3 Å². The molecule has 146 valence electrons. The molecule has 3 aromatic rings. The van der Waals surface area contributed by atoms with Crippen molar-refractivity contribution < 1.29 is 8.98 Å². The second kappa shape index (κ2) is 9.11. The van der Waals surface area contributed by atoms with Crippen LogP contribution in [0.5, 0.6) is 0 Å². The first-order chi connectivity index (χ1) is 13.6. The molecule has 0 aromatic heterocycles. The van der Waals surface area contributed by atoms with Crippen molar-refractivity contribution in [3.05, 3.63) is 90.5 Å². The molecule has 0 fully saturated rings. The lowest BCUT2D eigenvalue weighted by Gasteiger charge is -2.40. The summed E-state index contributed by atoms with van der Waals surface area (Å²) in [5.41, 5.74) is 1.28. The highest BCUT2D eigenvalue weighted by Gasteiger charge is 2.35. The first kappa shape index (κ1) is 20.2. The highest BCUT2D eigenvalue weighted by molar-refractivity contribution is 8.30. The number of carbonyl (C=O) groups excluding carboxylic acids is 1. The van der Waals surface area contributed by atoms with Crippen LogP contribution in [0.1, 0.15) is 45.1 Å². The minimum absolute atomic E-state index is 0.154. The third kappa shape index (κ3) is 4.15. The largest absolute Gasteiger partial charge is 0.402 e. The average Bonchev–Trinajstić information content (AvgIpc) is 2.73. The normalized spacial score (nSPS) is 12.0. The van der Waals surface area contributed by atoms with E-state index in [4.69, 9.17) is 4.18 Å². The second-order valence-corrected chi connectivity index (χ2v) is 9.80. The Morgan fingerprint density at radius 2 is 1.25 bits per heavy atom. The zero-order chi connectivity index (χ0) is 20.0. The molecule has 3 aromatic carbocycles. The van der Waals surface area contributed by atoms with Gasteiger partial charge < -0.3 is 4.18 Å². The first-order valence-corrected chi connectivity index (χ1v) is 11.4. The van der Waals surface area contributed by atoms with Gasteiger partial charge in [0.25, 0.3) is 0 Å². The Labute approximate surface area is 170 Å². The van der Waals surface area contributed by atoms with Gasteiger partial charge in [-0.05, 0) is 64.6 Å². The van der Waals surface area contributed by atoms with Crippen molar-refractivity contribution in [1.29, 1.82) is 0 Å². The molecule has 0 amide bonds. The minimum Gasteiger partial charge on any atom is -0.402 e. The van der Waals surface area contributed by atoms with Gasteiger partial charge in [0.15, 0.2) is 0 Å². The summed E-state index contributed by atoms with van der Waals surface area (Å²) in [6.07, 6.45) is 1.18. The van der Waals surface area contributed by atoms with Crippen molar-refractivity contribution in [1.82, 2.24) is 0 Å². The molecule has 28 heavy (non-hydrogen) atoms. The molecule has 0 unspecified atom stereocenters. The Hall–Kier alpha value is -2.52. The summed E-state index contributed by atoms with van der Waals surface area (Å²) in [5.74, 6) is 0.299. The van der Waals surface area contributed by atoms with Gasteiger partial charge in [-0.3, -0.25) is 4.79 Å². The van der Waals surface area contributed by atoms with Crippen molar-refractivity contribution in [2.24, 2.45) is 0 Å². The van der Waals surface area contributed by atoms with Crippen LogP contribution in [-0.2, 0) is 8.98 Å². The van der Waals surface area contributed by atoms with Crippen LogP contribution >= 0.6 is 10.3 Å². The van der Waals surface area contributed by atoms with Gasteiger partial charge in [-0.25, -0.2) is 0 Å². The molecular weight excluding hydrogens is 364 g/mol. The van der Waals surface area contributed by atoms with E-state index in [1.165, 1.54) is 5.56 Å². The molecule has 3 rings (SSSR count). The maximum Gasteiger partial charge on any atom is 0.317 e. The molecule has 0 N–H and O–H groups in total. The fourth-order valence-corrected chi connectivity index (χ4v) is 6.27. The molecule has 0 radical (unpaired) electrons. The molecular formula is C25H28O2S. The third-order valence-electron chi connectivity index (χ3n) is 4.70. The number of rotatable bonds is 7. The van der Waals surface area contributed by atoms with Crippen LogP contribution in [0.2, 0.25) is 0 Å². The van der Waals surface area contributed by atoms with Crippen LogP contribution in [0.15, 0.2) is 99.6 Å². The molecule has 0 saturated heterocycles. The van der Waals surface area contributed by atoms with Crippen molar-refractivity contribution in [3.63, 3.8) is 0 Å². The lowest BCUT2D eigenvalue weighted by Crippen LogP contribution is -2.13. The summed E-state index contributed by atoms with van der Waals surface area (Å²) in [7, 11) is -2.15. The molecule has 2 nitrogen and oxygen atoms in total. The molecule has 0 aliphatic carbocycles. The fraction of sp³-hybridized carbons (Fsp3) is 0.240. The summed E-state index contributed by atoms with van der Waals surface area (Å²) in [6, 6.07) is 28.9. The van der Waals surface area contributed by atoms with Crippen LogP contribution in [0, 0.1) is 0 Å². The Bertz CT molecular complexity index is 847. The third-order valence-corrected chi connectivity index (χ3v) is 7.94. The van der Waals surface area contributed by atoms with Gasteiger partial charge in [0.2, 0.25) is 0 Å². The highest BCUT2D eigenvalue weighted by Crippen LogP contribution is 2.69. The van der Waals surface area contributed by atoms with Gasteiger partial charge in [0.05, 0.1) is 0 Å². The van der Waals surface area contributed by atoms with Crippen LogP contribution in [0.4, 0.5) is 0 Å². The van der Waals surface area contributed by atoms with Gasteiger partial charge >= 0.3 is 5.97 Å². The number of hydrogen-bond acceptors (Lipinski definition) is 2. The molecule has 0 saturated carbocycles. The lowest BCUT2D eigenvalue weighted by atomic mass is 10.0. The summed E-state index contributed by atoms with van der Waals surface area (Å²) >= 11 is 0. The quantitative estimate of drug-likeness (QED) is 0.420. The Balaban J connectivity index is 2.24. The van der Waals surface area contributed by atoms with E-state index >= 15 is 0 Å². The summed E-state index contributed by atoms with van der Waals surface area (Å²) in [6.45, 7) is 6.37. The van der Waals surface area contributed by atoms with E-state index in [1.807, 2.05) is 43.3 Å². The molecule has 0 bridgehead atoms. The second-order valence-electron chi connectivity index (χ2n) is 7.11. The number of benzene rings is 3. The van der Waals surface area contributed by atoms with E-state index in [0.717, 1.165) is 21.1 Å². The SMILES string of the molecule is CCCC(=O)OS(c1ccccc1)(c1ccccc1)c1ccc(C(C)C)cc1. The zero-order valence-electron chi connectivity index (χ0n) is 16.8. The number of carbonyl (C=O) groups is 1. The number of hydrogen-bond donors (Lipinski definition) is 0. The molecule has 0 heterocycles. The van der Waals surface area contributed by atoms with E-state index in [9.17, 15) is 4.79 Å². The molecule has 0 aliphatic heterocycles. The van der Waals surface area contributed by atoms with Gasteiger partial charge in [-0.1, -0.05) is 69.3 Å². The zero-order valence-corrected chi connectivity index (χ0v) is 17.6. The van der Waals surface area contributed by atoms with Crippen molar-refractivity contribution in [2.45, 2.75) is 54.2 Å². The lowest BCUT2D eigenvalue weighted by molar-refractivity contribution is -0.133. The van der Waals surface area contributed by atoms with Gasteiger partial charge in [-0.15, -0.1) is 0 Å². The van der Waals surface area contributed by atoms with Crippen LogP contribution in [0.3, 0.4) is 0 Å². The van der Waals surface area contributed by atoms with Crippen molar-refractivity contribution >= 4 is 16.3 Å². The predicted molar refractivity (Wildman–Crippen MR) is 117 cm³/mol. The minimum atomic E-state index is -2.15. The van der Waals surface area contributed by atoms with Crippen molar-refractivity contribution in [2.75, 3.05) is 0 Å².